The van der Waals surface area contributed by atoms with Gasteiger partial charge in [0.15, 0.2) is 0 Å². The van der Waals surface area contributed by atoms with Crippen LogP contribution in [0.15, 0.2) is 164 Å². The first-order valence-electron chi connectivity index (χ1n) is 14.6. The smallest absolute Gasteiger partial charge is 0.0732 e. The molecular weight excluding hydrogens is 506 g/mol. The van der Waals surface area contributed by atoms with Crippen LogP contribution in [-0.2, 0) is 5.41 Å². The van der Waals surface area contributed by atoms with Gasteiger partial charge >= 0.3 is 0 Å². The van der Waals surface area contributed by atoms with Gasteiger partial charge in [-0.2, -0.15) is 0 Å². The third-order valence-corrected chi connectivity index (χ3v) is 9.24. The molecular formula is C41H27N. The monoisotopic (exact) mass is 533 g/mol. The van der Waals surface area contributed by atoms with Crippen molar-refractivity contribution in [3.05, 3.63) is 186 Å². The Bertz CT molecular complexity index is 2090. The van der Waals surface area contributed by atoms with Gasteiger partial charge in [0.2, 0.25) is 0 Å². The second-order valence-electron chi connectivity index (χ2n) is 11.3. The SMILES string of the molecule is c1ccc(N(c2ccccc2)c2ccc3c(c2)C2(c4ccccc4-3)c3ccccc3-c3ccc4ccccc4c32)cc1. The van der Waals surface area contributed by atoms with E-state index in [2.05, 4.69) is 169 Å². The van der Waals surface area contributed by atoms with Crippen molar-refractivity contribution in [2.75, 3.05) is 4.90 Å². The Balaban J connectivity index is 1.41. The summed E-state index contributed by atoms with van der Waals surface area (Å²) in [5.41, 5.74) is 13.8. The molecule has 0 N–H and O–H groups in total. The lowest BCUT2D eigenvalue weighted by atomic mass is 9.69. The quantitative estimate of drug-likeness (QED) is 0.218. The molecule has 1 heteroatoms. The molecule has 0 fully saturated rings. The first-order valence-corrected chi connectivity index (χ1v) is 14.6. The van der Waals surface area contributed by atoms with E-state index in [0.717, 1.165) is 17.1 Å². The number of para-hydroxylation sites is 2. The molecule has 1 nitrogen and oxygen atoms in total. The summed E-state index contributed by atoms with van der Waals surface area (Å²) >= 11 is 0. The molecule has 196 valence electrons. The van der Waals surface area contributed by atoms with Crippen LogP contribution in [0.25, 0.3) is 33.0 Å². The van der Waals surface area contributed by atoms with Crippen molar-refractivity contribution >= 4 is 27.8 Å². The van der Waals surface area contributed by atoms with Crippen molar-refractivity contribution in [2.24, 2.45) is 0 Å². The second-order valence-corrected chi connectivity index (χ2v) is 11.3. The van der Waals surface area contributed by atoms with Gasteiger partial charge in [0.25, 0.3) is 0 Å². The van der Waals surface area contributed by atoms with Gasteiger partial charge in [-0.3, -0.25) is 0 Å². The average molecular weight is 534 g/mol. The lowest BCUT2D eigenvalue weighted by Gasteiger charge is -2.33. The van der Waals surface area contributed by atoms with E-state index in [-0.39, 0.29) is 0 Å². The Hall–Kier alpha value is -5.40. The molecule has 0 saturated carbocycles. The minimum atomic E-state index is -0.409. The van der Waals surface area contributed by atoms with Crippen LogP contribution in [0.4, 0.5) is 17.1 Å². The van der Waals surface area contributed by atoms with Crippen LogP contribution in [0.5, 0.6) is 0 Å². The van der Waals surface area contributed by atoms with E-state index < -0.39 is 5.41 Å². The fourth-order valence-electron chi connectivity index (χ4n) is 7.65. The predicted molar refractivity (Wildman–Crippen MR) is 175 cm³/mol. The van der Waals surface area contributed by atoms with Gasteiger partial charge in [-0.05, 0) is 91.7 Å². The molecule has 1 spiro atoms. The maximum Gasteiger partial charge on any atom is 0.0732 e. The topological polar surface area (TPSA) is 3.24 Å². The van der Waals surface area contributed by atoms with E-state index in [1.807, 2.05) is 0 Å². The minimum Gasteiger partial charge on any atom is -0.310 e. The van der Waals surface area contributed by atoms with E-state index in [1.165, 1.54) is 55.3 Å². The summed E-state index contributed by atoms with van der Waals surface area (Å²) in [6.07, 6.45) is 0. The van der Waals surface area contributed by atoms with Crippen LogP contribution in [0, 0.1) is 0 Å². The van der Waals surface area contributed by atoms with E-state index in [1.54, 1.807) is 0 Å². The lowest BCUT2D eigenvalue weighted by molar-refractivity contribution is 0.801. The Labute approximate surface area is 246 Å². The van der Waals surface area contributed by atoms with Crippen LogP contribution in [0.3, 0.4) is 0 Å². The van der Waals surface area contributed by atoms with E-state index in [9.17, 15) is 0 Å². The number of hydrogen-bond acceptors (Lipinski definition) is 1. The molecule has 0 saturated heterocycles. The lowest BCUT2D eigenvalue weighted by Crippen LogP contribution is -2.26. The highest BCUT2D eigenvalue weighted by Crippen LogP contribution is 2.64. The van der Waals surface area contributed by atoms with Gasteiger partial charge in [0, 0.05) is 17.1 Å². The van der Waals surface area contributed by atoms with Crippen LogP contribution < -0.4 is 4.90 Å². The molecule has 1 atom stereocenters. The molecule has 0 heterocycles. The first-order chi connectivity index (χ1) is 20.9. The molecule has 2 aliphatic rings. The number of anilines is 3. The number of benzene rings is 7. The van der Waals surface area contributed by atoms with Crippen LogP contribution in [0.2, 0.25) is 0 Å². The Morgan fingerprint density at radius 3 is 1.57 bits per heavy atom. The number of rotatable bonds is 3. The van der Waals surface area contributed by atoms with E-state index >= 15 is 0 Å². The summed E-state index contributed by atoms with van der Waals surface area (Å²) in [6.45, 7) is 0. The number of fused-ring (bicyclic) bond motifs is 12. The van der Waals surface area contributed by atoms with Crippen LogP contribution in [-0.4, -0.2) is 0 Å². The molecule has 0 aromatic heterocycles. The zero-order chi connectivity index (χ0) is 27.7. The van der Waals surface area contributed by atoms with Gasteiger partial charge < -0.3 is 4.90 Å². The van der Waals surface area contributed by atoms with Crippen molar-refractivity contribution < 1.29 is 0 Å². The van der Waals surface area contributed by atoms with Crippen molar-refractivity contribution in [3.63, 3.8) is 0 Å². The van der Waals surface area contributed by atoms with Crippen LogP contribution >= 0.6 is 0 Å². The maximum absolute atomic E-state index is 2.46. The molecule has 42 heavy (non-hydrogen) atoms. The number of hydrogen-bond donors (Lipinski definition) is 0. The van der Waals surface area contributed by atoms with Crippen molar-refractivity contribution in [3.8, 4) is 22.3 Å². The summed E-state index contributed by atoms with van der Waals surface area (Å²) < 4.78 is 0. The normalized spacial score (nSPS) is 15.7. The standard InChI is InChI=1S/C41H27N/c1-3-14-29(15-4-1)42(30-16-5-2-6-17-30)31-24-26-35-33-19-9-11-21-37(33)41(39(35)27-31)38-22-12-10-20-34(38)36-25-23-28-13-7-8-18-32(28)40(36)41/h1-27H. The summed E-state index contributed by atoms with van der Waals surface area (Å²) in [4.78, 5) is 2.38. The Morgan fingerprint density at radius 1 is 0.357 bits per heavy atom. The summed E-state index contributed by atoms with van der Waals surface area (Å²) in [6, 6.07) is 60.1. The highest BCUT2D eigenvalue weighted by molar-refractivity contribution is 6.04. The third kappa shape index (κ3) is 3.03. The molecule has 1 unspecified atom stereocenters. The van der Waals surface area contributed by atoms with Crippen molar-refractivity contribution in [1.82, 2.24) is 0 Å². The van der Waals surface area contributed by atoms with Gasteiger partial charge in [-0.15, -0.1) is 0 Å². The molecule has 2 aliphatic carbocycles. The fraction of sp³-hybridized carbons (Fsp3) is 0.0244. The zero-order valence-electron chi connectivity index (χ0n) is 23.0. The molecule has 0 bridgehead atoms. The van der Waals surface area contributed by atoms with Crippen LogP contribution in [0.1, 0.15) is 22.3 Å². The highest BCUT2D eigenvalue weighted by atomic mass is 15.1. The summed E-state index contributed by atoms with van der Waals surface area (Å²) in [7, 11) is 0. The third-order valence-electron chi connectivity index (χ3n) is 9.24. The minimum absolute atomic E-state index is 0.409. The Kier molecular flexibility index (Phi) is 4.88. The van der Waals surface area contributed by atoms with Gasteiger partial charge in [-0.25, -0.2) is 0 Å². The summed E-state index contributed by atoms with van der Waals surface area (Å²) in [5.74, 6) is 0. The largest absolute Gasteiger partial charge is 0.310 e. The summed E-state index contributed by atoms with van der Waals surface area (Å²) in [5, 5.41) is 2.60. The highest BCUT2D eigenvalue weighted by Gasteiger charge is 2.52. The zero-order valence-corrected chi connectivity index (χ0v) is 23.0. The van der Waals surface area contributed by atoms with Gasteiger partial charge in [0.1, 0.15) is 0 Å². The molecule has 0 aliphatic heterocycles. The average Bonchev–Trinajstić information content (AvgIpc) is 3.53. The van der Waals surface area contributed by atoms with Gasteiger partial charge in [-0.1, -0.05) is 127 Å². The predicted octanol–water partition coefficient (Wildman–Crippen LogP) is 10.7. The van der Waals surface area contributed by atoms with Crippen molar-refractivity contribution in [2.45, 2.75) is 5.41 Å². The molecule has 0 radical (unpaired) electrons. The maximum atomic E-state index is 2.46. The van der Waals surface area contributed by atoms with Crippen molar-refractivity contribution in [1.29, 1.82) is 0 Å². The van der Waals surface area contributed by atoms with E-state index in [0.29, 0.717) is 0 Å². The number of nitrogens with zero attached hydrogens (tertiary/aromatic N) is 1. The van der Waals surface area contributed by atoms with Gasteiger partial charge in [0.05, 0.1) is 5.41 Å². The molecule has 7 aromatic rings. The molecule has 0 amide bonds. The Morgan fingerprint density at radius 2 is 0.881 bits per heavy atom. The fourth-order valence-corrected chi connectivity index (χ4v) is 7.65. The second kappa shape index (κ2) is 8.80. The molecule has 9 rings (SSSR count). The van der Waals surface area contributed by atoms with E-state index in [4.69, 9.17) is 0 Å². The first kappa shape index (κ1) is 23.3. The molecule has 7 aromatic carbocycles.